The van der Waals surface area contributed by atoms with Crippen LogP contribution in [-0.2, 0) is 4.74 Å². The molecule has 2 aromatic carbocycles. The fourth-order valence-electron chi connectivity index (χ4n) is 3.10. The Morgan fingerprint density at radius 2 is 1.71 bits per heavy atom. The van der Waals surface area contributed by atoms with Gasteiger partial charge in [0.15, 0.2) is 0 Å². The highest BCUT2D eigenvalue weighted by Crippen LogP contribution is 2.29. The second-order valence-electron chi connectivity index (χ2n) is 7.86. The van der Waals surface area contributed by atoms with E-state index in [1.165, 1.54) is 0 Å². The quantitative estimate of drug-likeness (QED) is 0.809. The SMILES string of the molecule is CC(C)(C)OC(=O)N1CCC(c2ccc(NC(=O)Oc3ccccc3)cc2)C1. The minimum atomic E-state index is -0.532. The van der Waals surface area contributed by atoms with Gasteiger partial charge in [-0.3, -0.25) is 5.32 Å². The van der Waals surface area contributed by atoms with E-state index in [1.807, 2.05) is 51.1 Å². The third kappa shape index (κ3) is 5.49. The molecule has 6 heteroatoms. The summed E-state index contributed by atoms with van der Waals surface area (Å²) >= 11 is 0. The predicted octanol–water partition coefficient (Wildman–Crippen LogP) is 5.02. The first-order valence-electron chi connectivity index (χ1n) is 9.42. The first-order chi connectivity index (χ1) is 13.3. The molecule has 0 aliphatic carbocycles. The molecule has 1 unspecified atom stereocenters. The van der Waals surface area contributed by atoms with E-state index in [4.69, 9.17) is 9.47 Å². The maximum absolute atomic E-state index is 12.2. The second-order valence-corrected chi connectivity index (χ2v) is 7.86. The van der Waals surface area contributed by atoms with E-state index in [0.717, 1.165) is 12.0 Å². The van der Waals surface area contributed by atoms with Gasteiger partial charge in [0.25, 0.3) is 0 Å². The van der Waals surface area contributed by atoms with Crippen LogP contribution in [0.5, 0.6) is 5.75 Å². The topological polar surface area (TPSA) is 67.9 Å². The van der Waals surface area contributed by atoms with Gasteiger partial charge in [-0.1, -0.05) is 30.3 Å². The van der Waals surface area contributed by atoms with Gasteiger partial charge in [-0.15, -0.1) is 0 Å². The molecule has 6 nitrogen and oxygen atoms in total. The molecule has 3 rings (SSSR count). The number of likely N-dealkylation sites (tertiary alicyclic amines) is 1. The Hall–Kier alpha value is -3.02. The highest BCUT2D eigenvalue weighted by atomic mass is 16.6. The average Bonchev–Trinajstić information content (AvgIpc) is 3.12. The molecule has 0 aromatic heterocycles. The number of benzene rings is 2. The molecular formula is C22H26N2O4. The van der Waals surface area contributed by atoms with Crippen molar-refractivity contribution in [3.8, 4) is 5.75 Å². The number of hydrogen-bond acceptors (Lipinski definition) is 4. The summed E-state index contributed by atoms with van der Waals surface area (Å²) in [6.45, 7) is 6.92. The van der Waals surface area contributed by atoms with Crippen molar-refractivity contribution >= 4 is 17.9 Å². The van der Waals surface area contributed by atoms with Gasteiger partial charge < -0.3 is 14.4 Å². The number of carbonyl (C=O) groups excluding carboxylic acids is 2. The van der Waals surface area contributed by atoms with Crippen LogP contribution in [0.3, 0.4) is 0 Å². The number of para-hydroxylation sites is 1. The molecule has 2 aromatic rings. The molecule has 0 saturated carbocycles. The van der Waals surface area contributed by atoms with Gasteiger partial charge in [-0.2, -0.15) is 0 Å². The van der Waals surface area contributed by atoms with Crippen LogP contribution in [0.25, 0.3) is 0 Å². The normalized spacial score (nSPS) is 16.5. The first kappa shape index (κ1) is 19.7. The number of rotatable bonds is 3. The smallest absolute Gasteiger partial charge is 0.417 e. The minimum absolute atomic E-state index is 0.262. The van der Waals surface area contributed by atoms with Crippen LogP contribution in [0.4, 0.5) is 15.3 Å². The molecule has 28 heavy (non-hydrogen) atoms. The first-order valence-corrected chi connectivity index (χ1v) is 9.42. The Balaban J connectivity index is 1.53. The Labute approximate surface area is 165 Å². The van der Waals surface area contributed by atoms with Gasteiger partial charge in [0, 0.05) is 24.7 Å². The van der Waals surface area contributed by atoms with Crippen molar-refractivity contribution < 1.29 is 19.1 Å². The number of anilines is 1. The summed E-state index contributed by atoms with van der Waals surface area (Å²) in [5.74, 6) is 0.752. The molecule has 1 atom stereocenters. The van der Waals surface area contributed by atoms with Crippen LogP contribution in [0.1, 0.15) is 38.7 Å². The maximum Gasteiger partial charge on any atom is 0.417 e. The molecule has 1 fully saturated rings. The van der Waals surface area contributed by atoms with Crippen molar-refractivity contribution in [2.24, 2.45) is 0 Å². The van der Waals surface area contributed by atoms with Crippen LogP contribution in [0.15, 0.2) is 54.6 Å². The summed E-state index contributed by atoms with van der Waals surface area (Å²) in [7, 11) is 0. The number of nitrogens with zero attached hydrogens (tertiary/aromatic N) is 1. The highest BCUT2D eigenvalue weighted by molar-refractivity contribution is 5.86. The summed E-state index contributed by atoms with van der Waals surface area (Å²) in [5.41, 5.74) is 1.30. The highest BCUT2D eigenvalue weighted by Gasteiger charge is 2.30. The lowest BCUT2D eigenvalue weighted by molar-refractivity contribution is 0.0292. The maximum atomic E-state index is 12.2. The lowest BCUT2D eigenvalue weighted by atomic mass is 9.98. The van der Waals surface area contributed by atoms with Crippen molar-refractivity contribution in [3.05, 3.63) is 60.2 Å². The number of nitrogens with one attached hydrogen (secondary N) is 1. The summed E-state index contributed by atoms with van der Waals surface area (Å²) in [4.78, 5) is 25.9. The zero-order valence-corrected chi connectivity index (χ0v) is 16.5. The van der Waals surface area contributed by atoms with E-state index in [1.54, 1.807) is 29.2 Å². The van der Waals surface area contributed by atoms with Crippen molar-refractivity contribution in [2.75, 3.05) is 18.4 Å². The summed E-state index contributed by atoms with van der Waals surface area (Å²) in [6, 6.07) is 16.5. The van der Waals surface area contributed by atoms with Crippen molar-refractivity contribution in [1.29, 1.82) is 0 Å². The number of hydrogen-bond donors (Lipinski definition) is 1. The fraction of sp³-hybridized carbons (Fsp3) is 0.364. The summed E-state index contributed by atoms with van der Waals surface area (Å²) < 4.78 is 10.7. The Kier molecular flexibility index (Phi) is 5.87. The number of ether oxygens (including phenoxy) is 2. The molecule has 1 aliphatic rings. The van der Waals surface area contributed by atoms with E-state index >= 15 is 0 Å². The molecular weight excluding hydrogens is 356 g/mol. The van der Waals surface area contributed by atoms with Gasteiger partial charge in [0.05, 0.1) is 0 Å². The molecule has 1 heterocycles. The molecule has 1 N–H and O–H groups in total. The Bertz CT molecular complexity index is 813. The standard InChI is InChI=1S/C22H26N2O4/c1-22(2,3)28-21(26)24-14-13-17(15-24)16-9-11-18(12-10-16)23-20(25)27-19-7-5-4-6-8-19/h4-12,17H,13-15H2,1-3H3,(H,23,25). The van der Waals surface area contributed by atoms with Crippen LogP contribution in [0, 0.1) is 0 Å². The van der Waals surface area contributed by atoms with Crippen molar-refractivity contribution in [1.82, 2.24) is 4.90 Å². The second kappa shape index (κ2) is 8.33. The molecule has 0 radical (unpaired) electrons. The third-order valence-corrected chi connectivity index (χ3v) is 4.42. The van der Waals surface area contributed by atoms with E-state index in [0.29, 0.717) is 24.5 Å². The lowest BCUT2D eigenvalue weighted by Gasteiger charge is -2.24. The molecule has 148 valence electrons. The Morgan fingerprint density at radius 3 is 2.36 bits per heavy atom. The van der Waals surface area contributed by atoms with Gasteiger partial charge in [-0.25, -0.2) is 9.59 Å². The minimum Gasteiger partial charge on any atom is -0.444 e. The average molecular weight is 382 g/mol. The molecule has 1 aliphatic heterocycles. The van der Waals surface area contributed by atoms with E-state index in [2.05, 4.69) is 5.32 Å². The van der Waals surface area contributed by atoms with Crippen LogP contribution < -0.4 is 10.1 Å². The largest absolute Gasteiger partial charge is 0.444 e. The van der Waals surface area contributed by atoms with Gasteiger partial charge in [-0.05, 0) is 57.0 Å². The summed E-state index contributed by atoms with van der Waals surface area (Å²) in [6.07, 6.45) is 0.0927. The number of carbonyl (C=O) groups is 2. The van der Waals surface area contributed by atoms with E-state index < -0.39 is 11.7 Å². The fourth-order valence-corrected chi connectivity index (χ4v) is 3.10. The van der Waals surface area contributed by atoms with Gasteiger partial charge >= 0.3 is 12.2 Å². The Morgan fingerprint density at radius 1 is 1.04 bits per heavy atom. The van der Waals surface area contributed by atoms with E-state index in [9.17, 15) is 9.59 Å². The van der Waals surface area contributed by atoms with Gasteiger partial charge in [0.1, 0.15) is 11.4 Å². The predicted molar refractivity (Wildman–Crippen MR) is 108 cm³/mol. The molecule has 1 saturated heterocycles. The van der Waals surface area contributed by atoms with Crippen LogP contribution >= 0.6 is 0 Å². The lowest BCUT2D eigenvalue weighted by Crippen LogP contribution is -2.35. The molecule has 2 amide bonds. The molecule has 0 bridgehead atoms. The monoisotopic (exact) mass is 382 g/mol. The zero-order chi connectivity index (χ0) is 20.1. The van der Waals surface area contributed by atoms with E-state index in [-0.39, 0.29) is 12.0 Å². The number of amides is 2. The zero-order valence-electron chi connectivity index (χ0n) is 16.5. The third-order valence-electron chi connectivity index (χ3n) is 4.42. The molecule has 0 spiro atoms. The summed E-state index contributed by atoms with van der Waals surface area (Å²) in [5, 5.41) is 2.72. The van der Waals surface area contributed by atoms with Crippen LogP contribution in [-0.4, -0.2) is 35.8 Å². The van der Waals surface area contributed by atoms with Crippen molar-refractivity contribution in [3.63, 3.8) is 0 Å². The van der Waals surface area contributed by atoms with Crippen LogP contribution in [0.2, 0.25) is 0 Å². The van der Waals surface area contributed by atoms with Crippen molar-refractivity contribution in [2.45, 2.75) is 38.7 Å². The van der Waals surface area contributed by atoms with Gasteiger partial charge in [0.2, 0.25) is 0 Å².